The molecule has 0 saturated heterocycles. The minimum atomic E-state index is -0.106. The molecule has 104 valence electrons. The Morgan fingerprint density at radius 1 is 1.16 bits per heavy atom. The first-order chi connectivity index (χ1) is 9.31. The first-order valence-corrected chi connectivity index (χ1v) is 7.23. The van der Waals surface area contributed by atoms with Crippen molar-refractivity contribution in [2.24, 2.45) is 0 Å². The topological polar surface area (TPSA) is 63.1 Å². The van der Waals surface area contributed by atoms with E-state index in [9.17, 15) is 4.79 Å². The fraction of sp³-hybridized carbons (Fsp3) is 0.643. The minimum absolute atomic E-state index is 0.106. The molecule has 2 aromatic heterocycles. The number of fused-ring (bicyclic) bond motifs is 1. The highest BCUT2D eigenvalue weighted by atomic mass is 16.1. The van der Waals surface area contributed by atoms with Gasteiger partial charge in [0.05, 0.1) is 6.20 Å². The summed E-state index contributed by atoms with van der Waals surface area (Å²) in [6, 6.07) is 0. The van der Waals surface area contributed by atoms with E-state index in [1.807, 2.05) is 0 Å². The molecule has 0 aromatic carbocycles. The maximum absolute atomic E-state index is 11.7. The van der Waals surface area contributed by atoms with E-state index in [0.717, 1.165) is 18.7 Å². The summed E-state index contributed by atoms with van der Waals surface area (Å²) in [6.07, 6.45) is 12.8. The van der Waals surface area contributed by atoms with Gasteiger partial charge in [0.25, 0.3) is 5.56 Å². The second-order valence-corrected chi connectivity index (χ2v) is 5.00. The Morgan fingerprint density at radius 3 is 2.68 bits per heavy atom. The van der Waals surface area contributed by atoms with E-state index in [4.69, 9.17) is 0 Å². The standard InChI is InChI=1S/C14H22N4O/c1-2-3-4-5-6-7-8-9-13-16-14(19)12-10-15-11-18(12)17-13/h10-11H,2-9H2,1H3,(H,16,17,19). The summed E-state index contributed by atoms with van der Waals surface area (Å²) >= 11 is 0. The van der Waals surface area contributed by atoms with Gasteiger partial charge in [0.1, 0.15) is 17.7 Å². The van der Waals surface area contributed by atoms with Crippen molar-refractivity contribution in [3.05, 3.63) is 28.7 Å². The molecule has 0 aliphatic carbocycles. The fourth-order valence-electron chi connectivity index (χ4n) is 2.24. The van der Waals surface area contributed by atoms with Gasteiger partial charge in [-0.3, -0.25) is 4.79 Å². The van der Waals surface area contributed by atoms with Gasteiger partial charge in [-0.2, -0.15) is 5.10 Å². The van der Waals surface area contributed by atoms with Crippen molar-refractivity contribution in [1.82, 2.24) is 19.6 Å². The van der Waals surface area contributed by atoms with Crippen LogP contribution in [0.3, 0.4) is 0 Å². The van der Waals surface area contributed by atoms with Crippen LogP contribution in [0.2, 0.25) is 0 Å². The SMILES string of the molecule is CCCCCCCCCc1nn2cncc2c(=O)[nH]1. The predicted octanol–water partition coefficient (Wildman–Crippen LogP) is 2.71. The van der Waals surface area contributed by atoms with E-state index < -0.39 is 0 Å². The largest absolute Gasteiger partial charge is 0.307 e. The molecule has 2 heterocycles. The average molecular weight is 262 g/mol. The molecule has 0 saturated carbocycles. The predicted molar refractivity (Wildman–Crippen MR) is 75.3 cm³/mol. The molecule has 0 spiro atoms. The van der Waals surface area contributed by atoms with Gasteiger partial charge in [-0.05, 0) is 6.42 Å². The van der Waals surface area contributed by atoms with Gasteiger partial charge in [-0.25, -0.2) is 9.50 Å². The number of imidazole rings is 1. The summed E-state index contributed by atoms with van der Waals surface area (Å²) in [5, 5.41) is 4.34. The van der Waals surface area contributed by atoms with Gasteiger partial charge in [0.2, 0.25) is 0 Å². The van der Waals surface area contributed by atoms with Crippen molar-refractivity contribution in [3.63, 3.8) is 0 Å². The summed E-state index contributed by atoms with van der Waals surface area (Å²) in [5.41, 5.74) is 0.397. The van der Waals surface area contributed by atoms with Crippen LogP contribution in [0.15, 0.2) is 17.3 Å². The van der Waals surface area contributed by atoms with E-state index in [0.29, 0.717) is 5.52 Å². The van der Waals surface area contributed by atoms with Gasteiger partial charge in [0, 0.05) is 6.42 Å². The van der Waals surface area contributed by atoms with Gasteiger partial charge in [-0.1, -0.05) is 45.4 Å². The van der Waals surface area contributed by atoms with Crippen LogP contribution in [0, 0.1) is 0 Å². The van der Waals surface area contributed by atoms with Gasteiger partial charge < -0.3 is 4.98 Å². The highest BCUT2D eigenvalue weighted by molar-refractivity contribution is 5.39. The molecule has 1 N–H and O–H groups in total. The maximum atomic E-state index is 11.7. The molecule has 5 heteroatoms. The average Bonchev–Trinajstić information content (AvgIpc) is 2.86. The van der Waals surface area contributed by atoms with Gasteiger partial charge >= 0.3 is 0 Å². The minimum Gasteiger partial charge on any atom is -0.307 e. The number of aryl methyl sites for hydroxylation is 1. The monoisotopic (exact) mass is 262 g/mol. The molecule has 0 aliphatic heterocycles. The third-order valence-corrected chi connectivity index (χ3v) is 3.36. The van der Waals surface area contributed by atoms with Crippen molar-refractivity contribution in [2.45, 2.75) is 58.3 Å². The molecule has 2 rings (SSSR count). The van der Waals surface area contributed by atoms with Crippen molar-refractivity contribution in [2.75, 3.05) is 0 Å². The molecule has 0 bridgehead atoms. The Hall–Kier alpha value is -1.65. The quantitative estimate of drug-likeness (QED) is 0.744. The molecule has 0 unspecified atom stereocenters. The highest BCUT2D eigenvalue weighted by Crippen LogP contribution is 2.08. The Bertz CT molecular complexity index is 558. The van der Waals surface area contributed by atoms with Crippen molar-refractivity contribution in [3.8, 4) is 0 Å². The molecule has 0 atom stereocenters. The Labute approximate surface area is 113 Å². The number of hydrogen-bond donors (Lipinski definition) is 1. The zero-order valence-electron chi connectivity index (χ0n) is 11.6. The van der Waals surface area contributed by atoms with Crippen molar-refractivity contribution in [1.29, 1.82) is 0 Å². The molecule has 0 radical (unpaired) electrons. The Balaban J connectivity index is 1.77. The van der Waals surface area contributed by atoms with E-state index in [1.165, 1.54) is 44.7 Å². The Kier molecular flexibility index (Phi) is 5.12. The molecule has 0 aliphatic rings. The molecule has 19 heavy (non-hydrogen) atoms. The molecule has 5 nitrogen and oxygen atoms in total. The van der Waals surface area contributed by atoms with Crippen molar-refractivity contribution < 1.29 is 0 Å². The summed E-state index contributed by atoms with van der Waals surface area (Å²) < 4.78 is 1.55. The van der Waals surface area contributed by atoms with Crippen LogP contribution < -0.4 is 5.56 Å². The Morgan fingerprint density at radius 2 is 1.89 bits per heavy atom. The number of nitrogens with zero attached hydrogens (tertiary/aromatic N) is 3. The lowest BCUT2D eigenvalue weighted by atomic mass is 10.1. The smallest absolute Gasteiger partial charge is 0.276 e. The lowest BCUT2D eigenvalue weighted by Gasteiger charge is -2.02. The second-order valence-electron chi connectivity index (χ2n) is 5.00. The number of nitrogens with one attached hydrogen (secondary N) is 1. The number of rotatable bonds is 8. The lowest BCUT2D eigenvalue weighted by Crippen LogP contribution is -2.15. The third kappa shape index (κ3) is 3.91. The zero-order chi connectivity index (χ0) is 13.5. The molecule has 0 fully saturated rings. The normalized spacial score (nSPS) is 11.2. The van der Waals surface area contributed by atoms with Crippen LogP contribution in [0.1, 0.15) is 57.7 Å². The summed E-state index contributed by atoms with van der Waals surface area (Å²) in [4.78, 5) is 18.5. The number of aromatic nitrogens is 4. The zero-order valence-corrected chi connectivity index (χ0v) is 11.6. The molecular weight excluding hydrogens is 240 g/mol. The van der Waals surface area contributed by atoms with Crippen LogP contribution in [0.5, 0.6) is 0 Å². The second kappa shape index (κ2) is 7.07. The molecular formula is C14H22N4O. The van der Waals surface area contributed by atoms with Gasteiger partial charge in [-0.15, -0.1) is 0 Å². The fourth-order valence-corrected chi connectivity index (χ4v) is 2.24. The van der Waals surface area contributed by atoms with Crippen LogP contribution in [0.4, 0.5) is 0 Å². The number of hydrogen-bond acceptors (Lipinski definition) is 3. The summed E-state index contributed by atoms with van der Waals surface area (Å²) in [7, 11) is 0. The number of unbranched alkanes of at least 4 members (excludes halogenated alkanes) is 6. The van der Waals surface area contributed by atoms with Crippen LogP contribution in [-0.2, 0) is 6.42 Å². The maximum Gasteiger partial charge on any atom is 0.276 e. The van der Waals surface area contributed by atoms with Crippen LogP contribution in [-0.4, -0.2) is 19.6 Å². The first kappa shape index (κ1) is 13.8. The van der Waals surface area contributed by atoms with E-state index >= 15 is 0 Å². The van der Waals surface area contributed by atoms with E-state index in [-0.39, 0.29) is 5.56 Å². The first-order valence-electron chi connectivity index (χ1n) is 7.23. The summed E-state index contributed by atoms with van der Waals surface area (Å²) in [6.45, 7) is 2.23. The van der Waals surface area contributed by atoms with Crippen molar-refractivity contribution >= 4 is 5.52 Å². The molecule has 2 aromatic rings. The van der Waals surface area contributed by atoms with E-state index in [1.54, 1.807) is 10.8 Å². The number of H-pyrrole nitrogens is 1. The molecule has 0 amide bonds. The highest BCUT2D eigenvalue weighted by Gasteiger charge is 2.03. The summed E-state index contributed by atoms with van der Waals surface area (Å²) in [5.74, 6) is 0.754. The van der Waals surface area contributed by atoms with Crippen LogP contribution >= 0.6 is 0 Å². The third-order valence-electron chi connectivity index (χ3n) is 3.36. The van der Waals surface area contributed by atoms with E-state index in [2.05, 4.69) is 22.0 Å². The van der Waals surface area contributed by atoms with Crippen LogP contribution in [0.25, 0.3) is 5.52 Å². The lowest BCUT2D eigenvalue weighted by molar-refractivity contribution is 0.581. The van der Waals surface area contributed by atoms with Gasteiger partial charge in [0.15, 0.2) is 0 Å². The number of aromatic amines is 1.